The van der Waals surface area contributed by atoms with Crippen LogP contribution in [0.3, 0.4) is 0 Å². The summed E-state index contributed by atoms with van der Waals surface area (Å²) >= 11 is 0. The molecular weight excluding hydrogens is 540 g/mol. The Morgan fingerprint density at radius 1 is 0.905 bits per heavy atom. The van der Waals surface area contributed by atoms with E-state index < -0.39 is 12.5 Å². The lowest BCUT2D eigenvalue weighted by atomic mass is 10.0. The summed E-state index contributed by atoms with van der Waals surface area (Å²) in [6, 6.07) is 19.5. The molecule has 3 rings (SSSR count). The third-order valence-electron chi connectivity index (χ3n) is 5.74. The molecule has 0 aliphatic rings. The average Bonchev–Trinajstić information content (AvgIpc) is 2.99. The monoisotopic (exact) mass is 577 g/mol. The van der Waals surface area contributed by atoms with E-state index in [0.29, 0.717) is 36.8 Å². The third kappa shape index (κ3) is 11.5. The zero-order valence-electron chi connectivity index (χ0n) is 23.9. The lowest BCUT2D eigenvalue weighted by Crippen LogP contribution is -2.08. The van der Waals surface area contributed by atoms with E-state index >= 15 is 0 Å². The van der Waals surface area contributed by atoms with Gasteiger partial charge in [0.05, 0.1) is 12.9 Å². The molecule has 0 bridgehead atoms. The van der Waals surface area contributed by atoms with Crippen molar-refractivity contribution in [2.45, 2.75) is 33.3 Å². The minimum atomic E-state index is -3.00. The van der Waals surface area contributed by atoms with Gasteiger partial charge in [0.15, 0.2) is 0 Å². The fourth-order valence-corrected chi connectivity index (χ4v) is 3.73. The highest BCUT2D eigenvalue weighted by atomic mass is 19.3. The number of carbonyl (C=O) groups is 1. The van der Waals surface area contributed by atoms with Crippen molar-refractivity contribution in [3.8, 4) is 22.6 Å². The topological polar surface area (TPSA) is 81.2 Å². The van der Waals surface area contributed by atoms with Gasteiger partial charge in [-0.25, -0.2) is 0 Å². The summed E-state index contributed by atoms with van der Waals surface area (Å²) in [5, 5.41) is 5.75. The molecule has 0 saturated heterocycles. The second-order valence-corrected chi connectivity index (χ2v) is 9.10. The van der Waals surface area contributed by atoms with Crippen LogP contribution in [0.25, 0.3) is 23.3 Å². The van der Waals surface area contributed by atoms with Gasteiger partial charge in [0.2, 0.25) is 5.91 Å². The molecule has 3 aromatic rings. The van der Waals surface area contributed by atoms with Gasteiger partial charge >= 0.3 is 6.61 Å². The van der Waals surface area contributed by atoms with Crippen molar-refractivity contribution in [2.75, 3.05) is 31.7 Å². The molecule has 1 amide bonds. The molecule has 0 atom stereocenters. The number of amides is 1. The highest BCUT2D eigenvalue weighted by molar-refractivity contribution is 6.02. The van der Waals surface area contributed by atoms with E-state index in [1.54, 1.807) is 36.8 Å². The van der Waals surface area contributed by atoms with Gasteiger partial charge in [-0.15, -0.1) is 0 Å². The van der Waals surface area contributed by atoms with Crippen molar-refractivity contribution >= 4 is 30.1 Å². The number of ether oxygens (including phenoxy) is 3. The van der Waals surface area contributed by atoms with E-state index in [1.807, 2.05) is 49.4 Å². The van der Waals surface area contributed by atoms with E-state index in [2.05, 4.69) is 27.3 Å². The standard InChI is InChI=1S/C33H37F2N3O4/c1-3-18-36-24-37-19-17-25-5-11-29(12-6-25)38-32(39)16-10-28-23-27(9-15-31(28)42-33(34)35)26-7-13-30(14-8-26)41-22-21-40-20-4-2/h5-17,19,23-24,33H,3-4,18,20-22H2,1-2H3,(H,36,37)(H,38,39)/b16-10+,19-17+. The molecule has 222 valence electrons. The zero-order chi connectivity index (χ0) is 30.0. The Kier molecular flexibility index (Phi) is 13.8. The van der Waals surface area contributed by atoms with Crippen molar-refractivity contribution in [1.82, 2.24) is 5.32 Å². The lowest BCUT2D eigenvalue weighted by Gasteiger charge is -2.11. The normalized spacial score (nSPS) is 11.5. The maximum Gasteiger partial charge on any atom is 0.387 e. The highest BCUT2D eigenvalue weighted by Gasteiger charge is 2.11. The summed E-state index contributed by atoms with van der Waals surface area (Å²) in [5.41, 5.74) is 3.49. The zero-order valence-corrected chi connectivity index (χ0v) is 23.9. The van der Waals surface area contributed by atoms with Crippen LogP contribution in [-0.4, -0.2) is 45.2 Å². The average molecular weight is 578 g/mol. The number of hydrogen-bond acceptors (Lipinski definition) is 5. The van der Waals surface area contributed by atoms with Crippen LogP contribution in [0.4, 0.5) is 14.5 Å². The van der Waals surface area contributed by atoms with Gasteiger partial charge in [-0.1, -0.05) is 44.2 Å². The van der Waals surface area contributed by atoms with Crippen LogP contribution in [0, 0.1) is 0 Å². The van der Waals surface area contributed by atoms with E-state index in [4.69, 9.17) is 9.47 Å². The molecular formula is C33H37F2N3O4. The first kappa shape index (κ1) is 32.0. The Hall–Kier alpha value is -4.50. The van der Waals surface area contributed by atoms with Crippen molar-refractivity contribution in [2.24, 2.45) is 4.99 Å². The summed E-state index contributed by atoms with van der Waals surface area (Å²) in [5.74, 6) is 0.255. The number of nitrogens with zero attached hydrogens (tertiary/aromatic N) is 1. The smallest absolute Gasteiger partial charge is 0.387 e. The first-order chi connectivity index (χ1) is 20.5. The number of anilines is 1. The van der Waals surface area contributed by atoms with Crippen LogP contribution in [0.1, 0.15) is 37.8 Å². The molecule has 0 saturated carbocycles. The number of hydrogen-bond donors (Lipinski definition) is 2. The van der Waals surface area contributed by atoms with Gasteiger partial charge in [0.25, 0.3) is 0 Å². The Morgan fingerprint density at radius 3 is 2.38 bits per heavy atom. The number of carbonyl (C=O) groups excluding carboxylic acids is 1. The fraction of sp³-hybridized carbons (Fsp3) is 0.273. The maximum absolute atomic E-state index is 13.0. The predicted molar refractivity (Wildman–Crippen MR) is 165 cm³/mol. The number of nitrogens with one attached hydrogen (secondary N) is 2. The first-order valence-electron chi connectivity index (χ1n) is 13.9. The number of benzene rings is 3. The van der Waals surface area contributed by atoms with Crippen LogP contribution in [0.5, 0.6) is 11.5 Å². The number of aliphatic imine (C=N–C) groups is 1. The van der Waals surface area contributed by atoms with Crippen molar-refractivity contribution < 1.29 is 27.8 Å². The van der Waals surface area contributed by atoms with Crippen molar-refractivity contribution in [3.63, 3.8) is 0 Å². The Bertz CT molecular complexity index is 1320. The van der Waals surface area contributed by atoms with E-state index in [0.717, 1.165) is 36.1 Å². The molecule has 0 heterocycles. The fourth-order valence-electron chi connectivity index (χ4n) is 3.73. The van der Waals surface area contributed by atoms with Gasteiger partial charge < -0.3 is 24.8 Å². The molecule has 42 heavy (non-hydrogen) atoms. The number of halogens is 2. The molecule has 0 aromatic heterocycles. The lowest BCUT2D eigenvalue weighted by molar-refractivity contribution is -0.111. The largest absolute Gasteiger partial charge is 0.491 e. The van der Waals surface area contributed by atoms with Crippen LogP contribution in [-0.2, 0) is 9.53 Å². The third-order valence-corrected chi connectivity index (χ3v) is 5.74. The summed E-state index contributed by atoms with van der Waals surface area (Å²) in [4.78, 5) is 16.8. The Labute approximate surface area is 245 Å². The van der Waals surface area contributed by atoms with E-state index in [9.17, 15) is 13.6 Å². The Morgan fingerprint density at radius 2 is 1.67 bits per heavy atom. The molecule has 3 aromatic carbocycles. The van der Waals surface area contributed by atoms with Crippen molar-refractivity contribution in [3.05, 3.63) is 90.1 Å². The van der Waals surface area contributed by atoms with Crippen LogP contribution in [0.2, 0.25) is 0 Å². The van der Waals surface area contributed by atoms with Gasteiger partial charge in [0, 0.05) is 36.7 Å². The second kappa shape index (κ2) is 18.0. The second-order valence-electron chi connectivity index (χ2n) is 9.10. The molecule has 7 nitrogen and oxygen atoms in total. The molecule has 0 aliphatic carbocycles. The maximum atomic E-state index is 13.0. The van der Waals surface area contributed by atoms with Gasteiger partial charge in [0.1, 0.15) is 18.1 Å². The quantitative estimate of drug-likeness (QED) is 0.0756. The van der Waals surface area contributed by atoms with E-state index in [1.165, 1.54) is 18.2 Å². The summed E-state index contributed by atoms with van der Waals surface area (Å²) in [6.45, 7) is 3.54. The van der Waals surface area contributed by atoms with Gasteiger partial charge in [-0.05, 0) is 78.1 Å². The number of alkyl halides is 2. The van der Waals surface area contributed by atoms with Crippen LogP contribution < -0.4 is 20.1 Å². The molecule has 0 fully saturated rings. The molecule has 0 spiro atoms. The summed E-state index contributed by atoms with van der Waals surface area (Å²) in [7, 11) is 0. The summed E-state index contributed by atoms with van der Waals surface area (Å²) < 4.78 is 41.9. The molecule has 2 N–H and O–H groups in total. The number of rotatable bonds is 17. The van der Waals surface area contributed by atoms with E-state index in [-0.39, 0.29) is 5.75 Å². The molecule has 0 aliphatic heterocycles. The highest BCUT2D eigenvalue weighted by Crippen LogP contribution is 2.30. The van der Waals surface area contributed by atoms with Gasteiger partial charge in [-0.3, -0.25) is 9.79 Å². The minimum Gasteiger partial charge on any atom is -0.491 e. The minimum absolute atomic E-state index is 0.0330. The first-order valence-corrected chi connectivity index (χ1v) is 13.9. The van der Waals surface area contributed by atoms with Crippen molar-refractivity contribution in [1.29, 1.82) is 0 Å². The molecule has 9 heteroatoms. The predicted octanol–water partition coefficient (Wildman–Crippen LogP) is 7.41. The summed E-state index contributed by atoms with van der Waals surface area (Å²) in [6.07, 6.45) is 9.98. The van der Waals surface area contributed by atoms with Gasteiger partial charge in [-0.2, -0.15) is 8.78 Å². The molecule has 0 unspecified atom stereocenters. The van der Waals surface area contributed by atoms with Crippen LogP contribution in [0.15, 0.2) is 84.0 Å². The van der Waals surface area contributed by atoms with Crippen LogP contribution >= 0.6 is 0 Å². The SMILES string of the molecule is CCCN=CN/C=C/c1ccc(NC(=O)/C=C/c2cc(-c3ccc(OCCOCCC)cc3)ccc2OC(F)F)cc1. The Balaban J connectivity index is 1.64. The molecule has 0 radical (unpaired) electrons.